The molecule has 0 spiro atoms. The molecule has 5 heteroatoms. The Bertz CT molecular complexity index is 503. The lowest BCUT2D eigenvalue weighted by Gasteiger charge is -2.10. The van der Waals surface area contributed by atoms with Gasteiger partial charge >= 0.3 is 5.97 Å². The monoisotopic (exact) mass is 261 g/mol. The van der Waals surface area contributed by atoms with Crippen LogP contribution in [0, 0.1) is 11.3 Å². The molecule has 0 heterocycles. The predicted octanol–water partition coefficient (Wildman–Crippen LogP) is 2.48. The van der Waals surface area contributed by atoms with E-state index < -0.39 is 5.97 Å². The number of carboxylic acids is 1. The third-order valence-electron chi connectivity index (χ3n) is 2.32. The minimum atomic E-state index is -1.02. The summed E-state index contributed by atoms with van der Waals surface area (Å²) in [5.74, 6) is 0.142. The van der Waals surface area contributed by atoms with Crippen LogP contribution in [0.1, 0.15) is 18.4 Å². The van der Waals surface area contributed by atoms with Gasteiger partial charge in [0.25, 0.3) is 0 Å². The molecule has 100 valence electrons. The number of carboxylic acid groups (broad SMARTS) is 1. The maximum Gasteiger partial charge on any atom is 0.328 e. The second-order valence-corrected chi connectivity index (χ2v) is 3.69. The summed E-state index contributed by atoms with van der Waals surface area (Å²) in [7, 11) is 1.54. The van der Waals surface area contributed by atoms with Crippen LogP contribution in [-0.2, 0) is 4.79 Å². The lowest BCUT2D eigenvalue weighted by Crippen LogP contribution is -1.99. The van der Waals surface area contributed by atoms with Gasteiger partial charge in [-0.15, -0.1) is 0 Å². The topological polar surface area (TPSA) is 79.6 Å². The zero-order valence-corrected chi connectivity index (χ0v) is 10.6. The zero-order valence-electron chi connectivity index (χ0n) is 10.6. The maximum absolute atomic E-state index is 10.5. The molecule has 0 aromatic heterocycles. The Labute approximate surface area is 111 Å². The van der Waals surface area contributed by atoms with E-state index in [0.717, 1.165) is 6.08 Å². The van der Waals surface area contributed by atoms with Gasteiger partial charge in [0.2, 0.25) is 0 Å². The van der Waals surface area contributed by atoms with E-state index in [1.807, 2.05) is 6.07 Å². The second-order valence-electron chi connectivity index (χ2n) is 3.69. The molecule has 0 saturated heterocycles. The van der Waals surface area contributed by atoms with E-state index in [2.05, 4.69) is 0 Å². The van der Waals surface area contributed by atoms with Crippen LogP contribution in [0.3, 0.4) is 0 Å². The molecule has 0 aliphatic rings. The van der Waals surface area contributed by atoms with Crippen molar-refractivity contribution in [2.45, 2.75) is 12.8 Å². The van der Waals surface area contributed by atoms with Crippen molar-refractivity contribution in [1.82, 2.24) is 0 Å². The SMILES string of the molecule is COc1ccc(/C=C/C(=O)O)c(OCCCC#N)c1. The van der Waals surface area contributed by atoms with Crippen LogP contribution in [-0.4, -0.2) is 24.8 Å². The molecule has 0 bridgehead atoms. The van der Waals surface area contributed by atoms with Crippen LogP contribution >= 0.6 is 0 Å². The fraction of sp³-hybridized carbons (Fsp3) is 0.286. The van der Waals surface area contributed by atoms with E-state index in [-0.39, 0.29) is 0 Å². The summed E-state index contributed by atoms with van der Waals surface area (Å²) in [6.07, 6.45) is 3.55. The number of hydrogen-bond acceptors (Lipinski definition) is 4. The van der Waals surface area contributed by atoms with Crippen LogP contribution in [0.4, 0.5) is 0 Å². The number of hydrogen-bond donors (Lipinski definition) is 1. The van der Waals surface area contributed by atoms with Gasteiger partial charge in [0.05, 0.1) is 19.8 Å². The molecule has 1 aromatic carbocycles. The first-order chi connectivity index (χ1) is 9.17. The first-order valence-corrected chi connectivity index (χ1v) is 5.76. The summed E-state index contributed by atoms with van der Waals surface area (Å²) in [6.45, 7) is 0.397. The molecule has 0 fully saturated rings. The Morgan fingerprint density at radius 1 is 1.53 bits per heavy atom. The van der Waals surface area contributed by atoms with E-state index in [1.54, 1.807) is 25.3 Å². The molecular formula is C14H15NO4. The van der Waals surface area contributed by atoms with Crippen molar-refractivity contribution in [3.63, 3.8) is 0 Å². The molecule has 0 saturated carbocycles. The highest BCUT2D eigenvalue weighted by molar-refractivity contribution is 5.86. The average molecular weight is 261 g/mol. The van der Waals surface area contributed by atoms with E-state index in [0.29, 0.717) is 36.5 Å². The van der Waals surface area contributed by atoms with Gasteiger partial charge in [0, 0.05) is 24.1 Å². The fourth-order valence-corrected chi connectivity index (χ4v) is 1.40. The Hall–Kier alpha value is -2.48. The van der Waals surface area contributed by atoms with Crippen LogP contribution in [0.15, 0.2) is 24.3 Å². The number of nitriles is 1. The molecule has 0 radical (unpaired) electrons. The standard InChI is InChI=1S/C14H15NO4/c1-18-12-6-4-11(5-7-14(16)17)13(10-12)19-9-3-2-8-15/h4-7,10H,2-3,9H2,1H3,(H,16,17)/b7-5+. The quantitative estimate of drug-likeness (QED) is 0.602. The molecule has 1 N–H and O–H groups in total. The van der Waals surface area contributed by atoms with E-state index in [4.69, 9.17) is 19.8 Å². The number of methoxy groups -OCH3 is 1. The summed E-state index contributed by atoms with van der Waals surface area (Å²) < 4.78 is 10.6. The molecule has 0 aliphatic carbocycles. The van der Waals surface area contributed by atoms with E-state index in [1.165, 1.54) is 6.08 Å². The van der Waals surface area contributed by atoms with Crippen molar-refractivity contribution in [2.24, 2.45) is 0 Å². The summed E-state index contributed by atoms with van der Waals surface area (Å²) in [4.78, 5) is 10.5. The van der Waals surface area contributed by atoms with Crippen molar-refractivity contribution < 1.29 is 19.4 Å². The molecule has 0 aliphatic heterocycles. The summed E-state index contributed by atoms with van der Waals surface area (Å²) in [6, 6.07) is 7.17. The van der Waals surface area contributed by atoms with Crippen molar-refractivity contribution >= 4 is 12.0 Å². The molecule has 0 atom stereocenters. The smallest absolute Gasteiger partial charge is 0.328 e. The summed E-state index contributed by atoms with van der Waals surface area (Å²) >= 11 is 0. The van der Waals surface area contributed by atoms with Crippen LogP contribution in [0.2, 0.25) is 0 Å². The van der Waals surface area contributed by atoms with Crippen molar-refractivity contribution in [2.75, 3.05) is 13.7 Å². The molecule has 5 nitrogen and oxygen atoms in total. The molecule has 1 rings (SSSR count). The van der Waals surface area contributed by atoms with Crippen LogP contribution < -0.4 is 9.47 Å². The Morgan fingerprint density at radius 2 is 2.32 bits per heavy atom. The number of unbranched alkanes of at least 4 members (excludes halogenated alkanes) is 1. The summed E-state index contributed by atoms with van der Waals surface area (Å²) in [5.41, 5.74) is 0.653. The third kappa shape index (κ3) is 5.13. The number of nitrogens with zero attached hydrogens (tertiary/aromatic N) is 1. The second kappa shape index (κ2) is 7.77. The number of rotatable bonds is 7. The van der Waals surface area contributed by atoms with Crippen molar-refractivity contribution in [3.8, 4) is 17.6 Å². The largest absolute Gasteiger partial charge is 0.497 e. The van der Waals surface area contributed by atoms with Crippen molar-refractivity contribution in [1.29, 1.82) is 5.26 Å². The zero-order chi connectivity index (χ0) is 14.1. The molecule has 19 heavy (non-hydrogen) atoms. The van der Waals surface area contributed by atoms with Gasteiger partial charge in [-0.25, -0.2) is 4.79 Å². The normalized spacial score (nSPS) is 10.1. The number of ether oxygens (including phenoxy) is 2. The van der Waals surface area contributed by atoms with Crippen LogP contribution in [0.5, 0.6) is 11.5 Å². The Kier molecular flexibility index (Phi) is 5.96. The van der Waals surface area contributed by atoms with Crippen LogP contribution in [0.25, 0.3) is 6.08 Å². The lowest BCUT2D eigenvalue weighted by atomic mass is 10.1. The molecular weight excluding hydrogens is 246 g/mol. The van der Waals surface area contributed by atoms with E-state index in [9.17, 15) is 4.79 Å². The third-order valence-corrected chi connectivity index (χ3v) is 2.32. The maximum atomic E-state index is 10.5. The molecule has 1 aromatic rings. The number of benzene rings is 1. The van der Waals surface area contributed by atoms with Gasteiger partial charge < -0.3 is 14.6 Å². The highest BCUT2D eigenvalue weighted by Crippen LogP contribution is 2.26. The highest BCUT2D eigenvalue weighted by Gasteiger charge is 2.04. The van der Waals surface area contributed by atoms with Gasteiger partial charge in [-0.3, -0.25) is 0 Å². The minimum Gasteiger partial charge on any atom is -0.497 e. The fourth-order valence-electron chi connectivity index (χ4n) is 1.40. The number of carbonyl (C=O) groups is 1. The highest BCUT2D eigenvalue weighted by atomic mass is 16.5. The average Bonchev–Trinajstić information content (AvgIpc) is 2.41. The first kappa shape index (κ1) is 14.6. The van der Waals surface area contributed by atoms with Gasteiger partial charge in [0.15, 0.2) is 0 Å². The first-order valence-electron chi connectivity index (χ1n) is 5.76. The van der Waals surface area contributed by atoms with Gasteiger partial charge in [-0.05, 0) is 24.6 Å². The lowest BCUT2D eigenvalue weighted by molar-refractivity contribution is -0.131. The minimum absolute atomic E-state index is 0.397. The Balaban J connectivity index is 2.83. The molecule has 0 amide bonds. The predicted molar refractivity (Wildman–Crippen MR) is 70.0 cm³/mol. The van der Waals surface area contributed by atoms with Gasteiger partial charge in [-0.1, -0.05) is 0 Å². The van der Waals surface area contributed by atoms with Gasteiger partial charge in [-0.2, -0.15) is 5.26 Å². The molecule has 0 unspecified atom stereocenters. The van der Waals surface area contributed by atoms with Gasteiger partial charge in [0.1, 0.15) is 11.5 Å². The van der Waals surface area contributed by atoms with Crippen molar-refractivity contribution in [3.05, 3.63) is 29.8 Å². The Morgan fingerprint density at radius 3 is 2.95 bits per heavy atom. The summed E-state index contributed by atoms with van der Waals surface area (Å²) in [5, 5.41) is 17.1. The number of aliphatic carboxylic acids is 1. The van der Waals surface area contributed by atoms with E-state index >= 15 is 0 Å².